The zero-order valence-corrected chi connectivity index (χ0v) is 15.2. The number of thioether (sulfide) groups is 1. The molecular formula is C17H23N5OS. The molecular weight excluding hydrogens is 322 g/mol. The van der Waals surface area contributed by atoms with Crippen LogP contribution in [-0.4, -0.2) is 49.4 Å². The molecule has 1 saturated heterocycles. The minimum Gasteiger partial charge on any atom is -0.339 e. The predicted octanol–water partition coefficient (Wildman–Crippen LogP) is 2.77. The highest BCUT2D eigenvalue weighted by atomic mass is 32.2. The maximum Gasteiger partial charge on any atom is 0.233 e. The Labute approximate surface area is 146 Å². The summed E-state index contributed by atoms with van der Waals surface area (Å²) in [6.07, 6.45) is 3.40. The van der Waals surface area contributed by atoms with Gasteiger partial charge in [-0.1, -0.05) is 23.9 Å². The zero-order chi connectivity index (χ0) is 17.1. The van der Waals surface area contributed by atoms with E-state index in [-0.39, 0.29) is 5.91 Å². The molecule has 1 aromatic carbocycles. The van der Waals surface area contributed by atoms with E-state index in [9.17, 15) is 4.79 Å². The summed E-state index contributed by atoms with van der Waals surface area (Å²) in [5.41, 5.74) is 3.29. The lowest BCUT2D eigenvalue weighted by Gasteiger charge is -2.33. The Morgan fingerprint density at radius 3 is 2.96 bits per heavy atom. The molecule has 24 heavy (non-hydrogen) atoms. The Morgan fingerprint density at radius 1 is 1.33 bits per heavy atom. The lowest BCUT2D eigenvalue weighted by molar-refractivity contribution is -0.131. The quantitative estimate of drug-likeness (QED) is 0.797. The molecule has 3 rings (SSSR count). The fraction of sp³-hybridized carbons (Fsp3) is 0.529. The molecule has 0 N–H and O–H groups in total. The van der Waals surface area contributed by atoms with Crippen molar-refractivity contribution in [3.63, 3.8) is 0 Å². The van der Waals surface area contributed by atoms with Crippen molar-refractivity contribution in [1.29, 1.82) is 0 Å². The number of amides is 1. The van der Waals surface area contributed by atoms with Gasteiger partial charge < -0.3 is 4.90 Å². The summed E-state index contributed by atoms with van der Waals surface area (Å²) in [5, 5.41) is 12.6. The van der Waals surface area contributed by atoms with E-state index in [1.165, 1.54) is 23.7 Å². The second kappa shape index (κ2) is 7.34. The van der Waals surface area contributed by atoms with Crippen LogP contribution >= 0.6 is 11.8 Å². The molecule has 7 heteroatoms. The Kier molecular flexibility index (Phi) is 5.18. The molecule has 0 saturated carbocycles. The maximum atomic E-state index is 12.5. The summed E-state index contributed by atoms with van der Waals surface area (Å²) >= 11 is 1.40. The number of benzene rings is 1. The number of hydrogen-bond donors (Lipinski definition) is 0. The highest BCUT2D eigenvalue weighted by Crippen LogP contribution is 2.24. The van der Waals surface area contributed by atoms with Gasteiger partial charge in [0, 0.05) is 12.6 Å². The number of hydrogen-bond acceptors (Lipinski definition) is 5. The first kappa shape index (κ1) is 17.0. The Morgan fingerprint density at radius 2 is 2.17 bits per heavy atom. The van der Waals surface area contributed by atoms with Gasteiger partial charge in [0.05, 0.1) is 11.4 Å². The van der Waals surface area contributed by atoms with E-state index in [0.717, 1.165) is 30.6 Å². The van der Waals surface area contributed by atoms with Gasteiger partial charge >= 0.3 is 0 Å². The third-order valence-corrected chi connectivity index (χ3v) is 5.60. The van der Waals surface area contributed by atoms with Gasteiger partial charge in [-0.25, -0.2) is 0 Å². The van der Waals surface area contributed by atoms with E-state index in [1.807, 2.05) is 17.0 Å². The number of carbonyl (C=O) groups is 1. The molecule has 2 aromatic rings. The van der Waals surface area contributed by atoms with Gasteiger partial charge in [-0.3, -0.25) is 4.79 Å². The number of carbonyl (C=O) groups excluding carboxylic acids is 1. The van der Waals surface area contributed by atoms with Crippen LogP contribution in [0.5, 0.6) is 0 Å². The van der Waals surface area contributed by atoms with Crippen LogP contribution in [0.4, 0.5) is 0 Å². The monoisotopic (exact) mass is 345 g/mol. The second-order valence-electron chi connectivity index (χ2n) is 6.31. The number of aryl methyl sites for hydroxylation is 1. The zero-order valence-electron chi connectivity index (χ0n) is 14.4. The molecule has 1 aromatic heterocycles. The van der Waals surface area contributed by atoms with Crippen LogP contribution in [0.2, 0.25) is 0 Å². The van der Waals surface area contributed by atoms with E-state index in [2.05, 4.69) is 42.4 Å². The van der Waals surface area contributed by atoms with Crippen LogP contribution in [0.3, 0.4) is 0 Å². The minimum absolute atomic E-state index is 0.169. The molecule has 0 aliphatic carbocycles. The fourth-order valence-corrected chi connectivity index (χ4v) is 3.83. The van der Waals surface area contributed by atoms with Crippen molar-refractivity contribution >= 4 is 17.7 Å². The van der Waals surface area contributed by atoms with Gasteiger partial charge in [-0.15, -0.1) is 5.10 Å². The van der Waals surface area contributed by atoms with E-state index in [4.69, 9.17) is 0 Å². The summed E-state index contributed by atoms with van der Waals surface area (Å²) in [4.78, 5) is 14.5. The molecule has 0 unspecified atom stereocenters. The Bertz CT molecular complexity index is 730. The van der Waals surface area contributed by atoms with Crippen LogP contribution in [-0.2, 0) is 4.79 Å². The molecule has 6 nitrogen and oxygen atoms in total. The van der Waals surface area contributed by atoms with Gasteiger partial charge in [0.1, 0.15) is 0 Å². The van der Waals surface area contributed by atoms with Crippen LogP contribution < -0.4 is 0 Å². The Balaban J connectivity index is 1.72. The first-order chi connectivity index (χ1) is 11.6. The first-order valence-corrected chi connectivity index (χ1v) is 9.33. The van der Waals surface area contributed by atoms with Crippen molar-refractivity contribution in [2.45, 2.75) is 51.2 Å². The summed E-state index contributed by atoms with van der Waals surface area (Å²) < 4.78 is 1.72. The van der Waals surface area contributed by atoms with Crippen molar-refractivity contribution < 1.29 is 4.79 Å². The molecule has 128 valence electrons. The Hall–Kier alpha value is -1.89. The van der Waals surface area contributed by atoms with Crippen molar-refractivity contribution in [2.24, 2.45) is 0 Å². The molecule has 0 spiro atoms. The van der Waals surface area contributed by atoms with E-state index < -0.39 is 0 Å². The third kappa shape index (κ3) is 3.45. The number of likely N-dealkylation sites (tertiary alicyclic amines) is 1. The van der Waals surface area contributed by atoms with Gasteiger partial charge in [-0.05, 0) is 67.7 Å². The summed E-state index contributed by atoms with van der Waals surface area (Å²) in [6, 6.07) is 6.39. The number of rotatable bonds is 4. The summed E-state index contributed by atoms with van der Waals surface area (Å²) in [6.45, 7) is 7.11. The smallest absolute Gasteiger partial charge is 0.233 e. The topological polar surface area (TPSA) is 63.9 Å². The minimum atomic E-state index is 0.169. The van der Waals surface area contributed by atoms with Crippen LogP contribution in [0.25, 0.3) is 5.69 Å². The van der Waals surface area contributed by atoms with Gasteiger partial charge in [0.2, 0.25) is 11.1 Å². The van der Waals surface area contributed by atoms with Gasteiger partial charge in [0.15, 0.2) is 0 Å². The van der Waals surface area contributed by atoms with E-state index in [1.54, 1.807) is 4.68 Å². The number of tetrazole rings is 1. The highest BCUT2D eigenvalue weighted by molar-refractivity contribution is 7.99. The molecule has 2 heterocycles. The lowest BCUT2D eigenvalue weighted by atomic mass is 10.0. The summed E-state index contributed by atoms with van der Waals surface area (Å²) in [7, 11) is 0. The van der Waals surface area contributed by atoms with E-state index in [0.29, 0.717) is 17.0 Å². The van der Waals surface area contributed by atoms with Crippen molar-refractivity contribution in [2.75, 3.05) is 12.3 Å². The van der Waals surface area contributed by atoms with Crippen LogP contribution in [0.1, 0.15) is 37.3 Å². The summed E-state index contributed by atoms with van der Waals surface area (Å²) in [5.74, 6) is 0.540. The second-order valence-corrected chi connectivity index (χ2v) is 7.26. The average Bonchev–Trinajstić information content (AvgIpc) is 3.04. The highest BCUT2D eigenvalue weighted by Gasteiger charge is 2.24. The van der Waals surface area contributed by atoms with Crippen LogP contribution in [0.15, 0.2) is 23.4 Å². The van der Waals surface area contributed by atoms with E-state index >= 15 is 0 Å². The van der Waals surface area contributed by atoms with Crippen LogP contribution in [0, 0.1) is 13.8 Å². The first-order valence-electron chi connectivity index (χ1n) is 8.35. The standard InChI is InChI=1S/C17H23N5OS/c1-12-7-6-9-15(14(12)3)22-17(18-19-20-22)24-11-16(23)21-10-5-4-8-13(21)2/h6-7,9,13H,4-5,8,10-11H2,1-3H3/t13-/m0/s1. The number of piperidine rings is 1. The molecule has 1 aliphatic heterocycles. The van der Waals surface area contributed by atoms with Gasteiger partial charge in [-0.2, -0.15) is 4.68 Å². The molecule has 1 aliphatic rings. The third-order valence-electron chi connectivity index (χ3n) is 4.69. The molecule has 1 fully saturated rings. The maximum absolute atomic E-state index is 12.5. The predicted molar refractivity (Wildman–Crippen MR) is 94.4 cm³/mol. The molecule has 0 radical (unpaired) electrons. The van der Waals surface area contributed by atoms with Crippen molar-refractivity contribution in [1.82, 2.24) is 25.1 Å². The molecule has 1 amide bonds. The SMILES string of the molecule is Cc1cccc(-n2nnnc2SCC(=O)N2CCCC[C@@H]2C)c1C. The molecule has 1 atom stereocenters. The lowest BCUT2D eigenvalue weighted by Crippen LogP contribution is -2.43. The largest absolute Gasteiger partial charge is 0.339 e. The van der Waals surface area contributed by atoms with Crippen molar-refractivity contribution in [3.05, 3.63) is 29.3 Å². The fourth-order valence-electron chi connectivity index (χ4n) is 3.06. The molecule has 0 bridgehead atoms. The number of nitrogens with zero attached hydrogens (tertiary/aromatic N) is 5. The van der Waals surface area contributed by atoms with Crippen molar-refractivity contribution in [3.8, 4) is 5.69 Å². The normalized spacial score (nSPS) is 18.0. The number of aromatic nitrogens is 4. The average molecular weight is 345 g/mol. The van der Waals surface area contributed by atoms with Gasteiger partial charge in [0.25, 0.3) is 0 Å².